The largest absolute Gasteiger partial charge is 0.492 e. The molecule has 0 fully saturated rings. The number of hydrogen-bond donors (Lipinski definition) is 2. The van der Waals surface area contributed by atoms with Gasteiger partial charge in [0.15, 0.2) is 4.34 Å². The highest BCUT2D eigenvalue weighted by molar-refractivity contribution is 8.01. The first-order valence-corrected chi connectivity index (χ1v) is 10.8. The van der Waals surface area contributed by atoms with Crippen LogP contribution in [0.4, 0.5) is 10.8 Å². The van der Waals surface area contributed by atoms with E-state index in [-0.39, 0.29) is 17.6 Å². The zero-order chi connectivity index (χ0) is 20.6. The molecule has 150 valence electrons. The van der Waals surface area contributed by atoms with Gasteiger partial charge in [-0.3, -0.25) is 14.9 Å². The quantitative estimate of drug-likeness (QED) is 0.387. The lowest BCUT2D eigenvalue weighted by atomic mass is 10.2. The first-order valence-electron chi connectivity index (χ1n) is 8.60. The van der Waals surface area contributed by atoms with Crippen LogP contribution in [0.25, 0.3) is 0 Å². The summed E-state index contributed by atoms with van der Waals surface area (Å²) in [7, 11) is 0. The van der Waals surface area contributed by atoms with E-state index in [4.69, 9.17) is 16.3 Å². The number of carbonyl (C=O) groups is 2. The molecule has 10 heteroatoms. The number of amides is 2. The summed E-state index contributed by atoms with van der Waals surface area (Å²) in [6.45, 7) is 2.39. The monoisotopic (exact) mass is 448 g/mol. The molecule has 0 aliphatic carbocycles. The number of carbonyl (C=O) groups excluding carboxylic acids is 2. The Labute approximate surface area is 180 Å². The van der Waals surface area contributed by atoms with Gasteiger partial charge in [-0.05, 0) is 37.3 Å². The Balaban J connectivity index is 1.53. The van der Waals surface area contributed by atoms with Gasteiger partial charge in [0.1, 0.15) is 5.75 Å². The van der Waals surface area contributed by atoms with Crippen molar-refractivity contribution in [2.24, 2.45) is 0 Å². The molecule has 0 saturated heterocycles. The van der Waals surface area contributed by atoms with E-state index in [0.29, 0.717) is 38.1 Å². The molecule has 7 nitrogen and oxygen atoms in total. The number of rotatable bonds is 8. The molecule has 0 atom stereocenters. The molecule has 2 N–H and O–H groups in total. The number of ether oxygens (including phenoxy) is 1. The minimum Gasteiger partial charge on any atom is -0.492 e. The van der Waals surface area contributed by atoms with E-state index >= 15 is 0 Å². The van der Waals surface area contributed by atoms with E-state index in [1.54, 1.807) is 36.4 Å². The number of para-hydroxylation sites is 2. The highest BCUT2D eigenvalue weighted by Gasteiger charge is 2.13. The number of halogens is 1. The second-order valence-electron chi connectivity index (χ2n) is 5.60. The zero-order valence-electron chi connectivity index (χ0n) is 15.3. The van der Waals surface area contributed by atoms with Crippen LogP contribution >= 0.6 is 34.7 Å². The maximum absolute atomic E-state index is 12.2. The zero-order valence-corrected chi connectivity index (χ0v) is 17.7. The third kappa shape index (κ3) is 6.18. The number of aromatic nitrogens is 2. The van der Waals surface area contributed by atoms with Gasteiger partial charge < -0.3 is 10.1 Å². The van der Waals surface area contributed by atoms with Gasteiger partial charge in [-0.15, -0.1) is 10.2 Å². The molecule has 3 aromatic rings. The number of hydrogen-bond acceptors (Lipinski definition) is 7. The van der Waals surface area contributed by atoms with Crippen molar-refractivity contribution in [1.29, 1.82) is 0 Å². The van der Waals surface area contributed by atoms with E-state index in [9.17, 15) is 9.59 Å². The molecule has 2 amide bonds. The van der Waals surface area contributed by atoms with Crippen LogP contribution < -0.4 is 15.4 Å². The van der Waals surface area contributed by atoms with Crippen molar-refractivity contribution in [3.05, 3.63) is 59.1 Å². The SMILES string of the molecule is CCOc1ccccc1NC(=O)CSc1nnc(NC(=O)c2cccc(Cl)c2)s1. The van der Waals surface area contributed by atoms with Gasteiger partial charge in [0.2, 0.25) is 11.0 Å². The van der Waals surface area contributed by atoms with Crippen molar-refractivity contribution in [2.45, 2.75) is 11.3 Å². The number of nitrogens with zero attached hydrogens (tertiary/aromatic N) is 2. The molecule has 0 unspecified atom stereocenters. The van der Waals surface area contributed by atoms with Crippen molar-refractivity contribution in [1.82, 2.24) is 10.2 Å². The molecular weight excluding hydrogens is 432 g/mol. The molecule has 2 aromatic carbocycles. The predicted octanol–water partition coefficient (Wildman–Crippen LogP) is 4.57. The fourth-order valence-corrected chi connectivity index (χ4v) is 4.02. The highest BCUT2D eigenvalue weighted by atomic mass is 35.5. The van der Waals surface area contributed by atoms with Crippen LogP contribution in [0.1, 0.15) is 17.3 Å². The maximum atomic E-state index is 12.2. The third-order valence-electron chi connectivity index (χ3n) is 3.50. The van der Waals surface area contributed by atoms with Crippen LogP contribution in [-0.4, -0.2) is 34.4 Å². The smallest absolute Gasteiger partial charge is 0.257 e. The fourth-order valence-electron chi connectivity index (χ4n) is 2.28. The Bertz CT molecular complexity index is 1010. The number of nitrogens with one attached hydrogen (secondary N) is 2. The molecule has 29 heavy (non-hydrogen) atoms. The van der Waals surface area contributed by atoms with Crippen LogP contribution in [0, 0.1) is 0 Å². The lowest BCUT2D eigenvalue weighted by Crippen LogP contribution is -2.14. The van der Waals surface area contributed by atoms with E-state index < -0.39 is 0 Å². The summed E-state index contributed by atoms with van der Waals surface area (Å²) in [5.74, 6) is 0.250. The standard InChI is InChI=1S/C19H17ClN4O3S2/c1-2-27-15-9-4-3-8-14(15)21-16(25)11-28-19-24-23-18(29-19)22-17(26)12-6-5-7-13(20)10-12/h3-10H,2,11H2,1H3,(H,21,25)(H,22,23,26). The van der Waals surface area contributed by atoms with Crippen LogP contribution in [0.15, 0.2) is 52.9 Å². The Kier molecular flexibility index (Phi) is 7.45. The molecule has 0 aliphatic heterocycles. The summed E-state index contributed by atoms with van der Waals surface area (Å²) in [5, 5.41) is 14.2. The molecule has 1 aromatic heterocycles. The molecule has 3 rings (SSSR count). The number of thioether (sulfide) groups is 1. The summed E-state index contributed by atoms with van der Waals surface area (Å²) >= 11 is 8.32. The second-order valence-corrected chi connectivity index (χ2v) is 8.24. The van der Waals surface area contributed by atoms with Gasteiger partial charge in [-0.25, -0.2) is 0 Å². The molecule has 0 spiro atoms. The van der Waals surface area contributed by atoms with Gasteiger partial charge in [0.05, 0.1) is 18.0 Å². The summed E-state index contributed by atoms with van der Waals surface area (Å²) in [6, 6.07) is 13.9. The number of anilines is 2. The average Bonchev–Trinajstić information content (AvgIpc) is 3.15. The Morgan fingerprint density at radius 3 is 2.76 bits per heavy atom. The van der Waals surface area contributed by atoms with Crippen LogP contribution in [0.5, 0.6) is 5.75 Å². The van der Waals surface area contributed by atoms with Crippen molar-refractivity contribution in [3.8, 4) is 5.75 Å². The highest BCUT2D eigenvalue weighted by Crippen LogP contribution is 2.27. The second kappa shape index (κ2) is 10.2. The Morgan fingerprint density at radius 1 is 1.14 bits per heavy atom. The summed E-state index contributed by atoms with van der Waals surface area (Å²) in [5.41, 5.74) is 1.04. The van der Waals surface area contributed by atoms with Crippen LogP contribution in [0.2, 0.25) is 5.02 Å². The van der Waals surface area contributed by atoms with E-state index in [0.717, 1.165) is 0 Å². The summed E-state index contributed by atoms with van der Waals surface area (Å²) in [6.07, 6.45) is 0. The molecular formula is C19H17ClN4O3S2. The summed E-state index contributed by atoms with van der Waals surface area (Å²) < 4.78 is 6.06. The van der Waals surface area contributed by atoms with Crippen LogP contribution in [-0.2, 0) is 4.79 Å². The maximum Gasteiger partial charge on any atom is 0.257 e. The fraction of sp³-hybridized carbons (Fsp3) is 0.158. The normalized spacial score (nSPS) is 10.4. The van der Waals surface area contributed by atoms with E-state index in [1.807, 2.05) is 19.1 Å². The lowest BCUT2D eigenvalue weighted by molar-refractivity contribution is -0.113. The Hall–Kier alpha value is -2.62. The van der Waals surface area contributed by atoms with Crippen molar-refractivity contribution in [3.63, 3.8) is 0 Å². The van der Waals surface area contributed by atoms with E-state index in [2.05, 4.69) is 20.8 Å². The van der Waals surface area contributed by atoms with Crippen molar-refractivity contribution < 1.29 is 14.3 Å². The minimum absolute atomic E-state index is 0.150. The first-order chi connectivity index (χ1) is 14.0. The topological polar surface area (TPSA) is 93.2 Å². The molecule has 1 heterocycles. The summed E-state index contributed by atoms with van der Waals surface area (Å²) in [4.78, 5) is 24.4. The van der Waals surface area contributed by atoms with Gasteiger partial charge >= 0.3 is 0 Å². The van der Waals surface area contributed by atoms with Gasteiger partial charge in [0.25, 0.3) is 5.91 Å². The predicted molar refractivity (Wildman–Crippen MR) is 116 cm³/mol. The third-order valence-corrected chi connectivity index (χ3v) is 5.71. The van der Waals surface area contributed by atoms with E-state index in [1.165, 1.54) is 23.1 Å². The Morgan fingerprint density at radius 2 is 1.97 bits per heavy atom. The average molecular weight is 449 g/mol. The molecule has 0 bridgehead atoms. The van der Waals surface area contributed by atoms with Crippen LogP contribution in [0.3, 0.4) is 0 Å². The first kappa shape index (κ1) is 21.1. The van der Waals surface area contributed by atoms with Crippen molar-refractivity contribution in [2.75, 3.05) is 23.0 Å². The number of benzene rings is 2. The van der Waals surface area contributed by atoms with Crippen molar-refractivity contribution >= 4 is 57.3 Å². The van der Waals surface area contributed by atoms with Gasteiger partial charge in [0, 0.05) is 10.6 Å². The lowest BCUT2D eigenvalue weighted by Gasteiger charge is -2.10. The van der Waals surface area contributed by atoms with Gasteiger partial charge in [-0.1, -0.05) is 52.9 Å². The minimum atomic E-state index is -0.328. The molecule has 0 aliphatic rings. The molecule has 0 saturated carbocycles. The molecule has 0 radical (unpaired) electrons. The van der Waals surface area contributed by atoms with Gasteiger partial charge in [-0.2, -0.15) is 0 Å².